The Balaban J connectivity index is 2.14. The summed E-state index contributed by atoms with van der Waals surface area (Å²) in [6.07, 6.45) is 2.77. The van der Waals surface area contributed by atoms with Gasteiger partial charge < -0.3 is 15.2 Å². The van der Waals surface area contributed by atoms with Crippen LogP contribution in [0.1, 0.15) is 19.3 Å². The monoisotopic (exact) mass is 199 g/mol. The van der Waals surface area contributed by atoms with Crippen LogP contribution in [0.5, 0.6) is 0 Å². The van der Waals surface area contributed by atoms with Gasteiger partial charge in [-0.25, -0.2) is 0 Å². The SMILES string of the molecule is COC(=O)C1(CN)CC12CCOCC2. The average molecular weight is 199 g/mol. The van der Waals surface area contributed by atoms with Crippen molar-refractivity contribution >= 4 is 5.97 Å². The highest BCUT2D eigenvalue weighted by Gasteiger charge is 2.71. The first-order valence-electron chi connectivity index (χ1n) is 5.07. The van der Waals surface area contributed by atoms with E-state index in [1.54, 1.807) is 0 Å². The van der Waals surface area contributed by atoms with Crippen LogP contribution in [-0.4, -0.2) is 32.8 Å². The highest BCUT2D eigenvalue weighted by molar-refractivity contribution is 5.82. The van der Waals surface area contributed by atoms with Gasteiger partial charge in [-0.1, -0.05) is 0 Å². The zero-order valence-corrected chi connectivity index (χ0v) is 8.54. The van der Waals surface area contributed by atoms with Gasteiger partial charge in [-0.05, 0) is 24.7 Å². The van der Waals surface area contributed by atoms with Gasteiger partial charge in [0.15, 0.2) is 0 Å². The predicted molar refractivity (Wildman–Crippen MR) is 50.6 cm³/mol. The fourth-order valence-electron chi connectivity index (χ4n) is 2.81. The zero-order chi connectivity index (χ0) is 10.2. The van der Waals surface area contributed by atoms with Gasteiger partial charge in [-0.2, -0.15) is 0 Å². The Morgan fingerprint density at radius 2 is 2.14 bits per heavy atom. The largest absolute Gasteiger partial charge is 0.469 e. The maximum absolute atomic E-state index is 11.7. The standard InChI is InChI=1S/C10H17NO3/c1-13-8(12)10(7-11)6-9(10)2-4-14-5-3-9/h2-7,11H2,1H3. The van der Waals surface area contributed by atoms with Crippen molar-refractivity contribution in [2.24, 2.45) is 16.6 Å². The number of methoxy groups -OCH3 is 1. The molecule has 1 saturated carbocycles. The predicted octanol–water partition coefficient (Wildman–Crippen LogP) is 0.305. The molecule has 1 atom stereocenters. The molecular weight excluding hydrogens is 182 g/mol. The fraction of sp³-hybridized carbons (Fsp3) is 0.900. The molecule has 0 bridgehead atoms. The molecule has 1 unspecified atom stereocenters. The quantitative estimate of drug-likeness (QED) is 0.650. The molecule has 1 saturated heterocycles. The van der Waals surface area contributed by atoms with Gasteiger partial charge in [0, 0.05) is 19.8 Å². The highest BCUT2D eigenvalue weighted by Crippen LogP contribution is 2.68. The third-order valence-corrected chi connectivity index (χ3v) is 3.90. The fourth-order valence-corrected chi connectivity index (χ4v) is 2.81. The Bertz CT molecular complexity index is 248. The van der Waals surface area contributed by atoms with E-state index in [0.717, 1.165) is 32.5 Å². The van der Waals surface area contributed by atoms with E-state index in [9.17, 15) is 4.79 Å². The maximum Gasteiger partial charge on any atom is 0.313 e. The molecule has 2 fully saturated rings. The zero-order valence-electron chi connectivity index (χ0n) is 8.54. The molecule has 1 aliphatic carbocycles. The van der Waals surface area contributed by atoms with Gasteiger partial charge in [-0.3, -0.25) is 4.79 Å². The van der Waals surface area contributed by atoms with E-state index in [1.807, 2.05) is 0 Å². The highest BCUT2D eigenvalue weighted by atomic mass is 16.5. The Kier molecular flexibility index (Phi) is 2.27. The smallest absolute Gasteiger partial charge is 0.313 e. The van der Waals surface area contributed by atoms with Crippen molar-refractivity contribution in [1.82, 2.24) is 0 Å². The lowest BCUT2D eigenvalue weighted by molar-refractivity contribution is -0.149. The Morgan fingerprint density at radius 1 is 1.50 bits per heavy atom. The van der Waals surface area contributed by atoms with E-state index in [0.29, 0.717) is 6.54 Å². The van der Waals surface area contributed by atoms with Crippen LogP contribution < -0.4 is 5.73 Å². The second kappa shape index (κ2) is 3.21. The van der Waals surface area contributed by atoms with Crippen LogP contribution in [0.25, 0.3) is 0 Å². The summed E-state index contributed by atoms with van der Waals surface area (Å²) in [5.74, 6) is -0.137. The van der Waals surface area contributed by atoms with Crippen molar-refractivity contribution in [1.29, 1.82) is 0 Å². The molecule has 0 radical (unpaired) electrons. The van der Waals surface area contributed by atoms with Gasteiger partial charge in [0.05, 0.1) is 12.5 Å². The van der Waals surface area contributed by atoms with E-state index < -0.39 is 5.41 Å². The van der Waals surface area contributed by atoms with E-state index in [2.05, 4.69) is 0 Å². The minimum Gasteiger partial charge on any atom is -0.469 e. The van der Waals surface area contributed by atoms with Crippen molar-refractivity contribution in [3.63, 3.8) is 0 Å². The molecule has 2 N–H and O–H groups in total. The first-order chi connectivity index (χ1) is 6.71. The summed E-state index contributed by atoms with van der Waals surface area (Å²) in [4.78, 5) is 11.7. The first kappa shape index (κ1) is 9.93. The van der Waals surface area contributed by atoms with Crippen LogP contribution in [0, 0.1) is 10.8 Å². The van der Waals surface area contributed by atoms with E-state index in [4.69, 9.17) is 15.2 Å². The molecule has 0 amide bonds. The second-order valence-electron chi connectivity index (χ2n) is 4.35. The summed E-state index contributed by atoms with van der Waals surface area (Å²) in [7, 11) is 1.44. The number of rotatable bonds is 2. The molecule has 0 aromatic carbocycles. The molecular formula is C10H17NO3. The molecule has 1 spiro atoms. The summed E-state index contributed by atoms with van der Waals surface area (Å²) in [5, 5.41) is 0. The van der Waals surface area contributed by atoms with Crippen molar-refractivity contribution in [2.45, 2.75) is 19.3 Å². The van der Waals surface area contributed by atoms with Gasteiger partial charge in [-0.15, -0.1) is 0 Å². The lowest BCUT2D eigenvalue weighted by Crippen LogP contribution is -2.35. The summed E-state index contributed by atoms with van der Waals surface area (Å²) >= 11 is 0. The van der Waals surface area contributed by atoms with E-state index >= 15 is 0 Å². The number of ether oxygens (including phenoxy) is 2. The molecule has 0 aromatic heterocycles. The second-order valence-corrected chi connectivity index (χ2v) is 4.35. The first-order valence-corrected chi connectivity index (χ1v) is 5.07. The molecule has 1 aliphatic heterocycles. The van der Waals surface area contributed by atoms with E-state index in [1.165, 1.54) is 7.11 Å². The number of hydrogen-bond acceptors (Lipinski definition) is 4. The van der Waals surface area contributed by atoms with Crippen LogP contribution in [0.15, 0.2) is 0 Å². The van der Waals surface area contributed by atoms with Gasteiger partial charge in [0.25, 0.3) is 0 Å². The topological polar surface area (TPSA) is 61.5 Å². The molecule has 4 nitrogen and oxygen atoms in total. The lowest BCUT2D eigenvalue weighted by atomic mass is 9.86. The van der Waals surface area contributed by atoms with Crippen LogP contribution in [-0.2, 0) is 14.3 Å². The van der Waals surface area contributed by atoms with Crippen LogP contribution in [0.3, 0.4) is 0 Å². The Hall–Kier alpha value is -0.610. The molecule has 4 heteroatoms. The van der Waals surface area contributed by atoms with Gasteiger partial charge >= 0.3 is 5.97 Å². The summed E-state index contributed by atoms with van der Waals surface area (Å²) in [6.45, 7) is 1.90. The molecule has 1 heterocycles. The minimum absolute atomic E-state index is 0.0904. The van der Waals surface area contributed by atoms with Crippen molar-refractivity contribution in [2.75, 3.05) is 26.9 Å². The van der Waals surface area contributed by atoms with Crippen LogP contribution >= 0.6 is 0 Å². The van der Waals surface area contributed by atoms with Gasteiger partial charge in [0.2, 0.25) is 0 Å². The maximum atomic E-state index is 11.7. The molecule has 0 aromatic rings. The summed E-state index contributed by atoms with van der Waals surface area (Å²) in [6, 6.07) is 0. The van der Waals surface area contributed by atoms with Crippen molar-refractivity contribution in [3.05, 3.63) is 0 Å². The molecule has 80 valence electrons. The Labute approximate surface area is 83.7 Å². The van der Waals surface area contributed by atoms with Crippen LogP contribution in [0.2, 0.25) is 0 Å². The van der Waals surface area contributed by atoms with E-state index in [-0.39, 0.29) is 11.4 Å². The number of nitrogens with two attached hydrogens (primary N) is 1. The molecule has 14 heavy (non-hydrogen) atoms. The third-order valence-electron chi connectivity index (χ3n) is 3.90. The Morgan fingerprint density at radius 3 is 2.64 bits per heavy atom. The van der Waals surface area contributed by atoms with Crippen molar-refractivity contribution in [3.8, 4) is 0 Å². The summed E-state index contributed by atoms with van der Waals surface area (Å²) < 4.78 is 10.1. The lowest BCUT2D eigenvalue weighted by Gasteiger charge is -2.27. The number of esters is 1. The normalized spacial score (nSPS) is 34.1. The number of hydrogen-bond donors (Lipinski definition) is 1. The molecule has 2 rings (SSSR count). The average Bonchev–Trinajstić information content (AvgIpc) is 2.87. The van der Waals surface area contributed by atoms with Gasteiger partial charge in [0.1, 0.15) is 0 Å². The minimum atomic E-state index is -0.397. The summed E-state index contributed by atoms with van der Waals surface area (Å²) in [5.41, 5.74) is 5.40. The number of carbonyl (C=O) groups is 1. The molecule has 2 aliphatic rings. The third kappa shape index (κ3) is 1.10. The van der Waals surface area contributed by atoms with Crippen LogP contribution in [0.4, 0.5) is 0 Å². The van der Waals surface area contributed by atoms with Crippen molar-refractivity contribution < 1.29 is 14.3 Å². The number of carbonyl (C=O) groups excluding carboxylic acids is 1.